The van der Waals surface area contributed by atoms with Crippen molar-refractivity contribution in [3.05, 3.63) is 47.7 Å². The summed E-state index contributed by atoms with van der Waals surface area (Å²) in [6.07, 6.45) is 1.62. The minimum Gasteiger partial charge on any atom is -0.385 e. The van der Waals surface area contributed by atoms with E-state index in [0.29, 0.717) is 5.69 Å². The Bertz CT molecular complexity index is 784. The summed E-state index contributed by atoms with van der Waals surface area (Å²) >= 11 is 1.55. The third-order valence-electron chi connectivity index (χ3n) is 2.96. The number of fused-ring (bicyclic) bond motifs is 1. The van der Waals surface area contributed by atoms with Gasteiger partial charge >= 0.3 is 0 Å². The van der Waals surface area contributed by atoms with Gasteiger partial charge in [-0.3, -0.25) is 9.78 Å². The molecule has 0 saturated heterocycles. The number of anilines is 2. The van der Waals surface area contributed by atoms with Crippen LogP contribution in [0.2, 0.25) is 0 Å². The number of nitrogens with zero attached hydrogens (tertiary/aromatic N) is 2. The molecule has 21 heavy (non-hydrogen) atoms. The topological polar surface area (TPSA) is 66.9 Å². The van der Waals surface area contributed by atoms with Gasteiger partial charge in [0.1, 0.15) is 5.69 Å². The molecule has 2 heterocycles. The van der Waals surface area contributed by atoms with E-state index in [1.54, 1.807) is 29.1 Å². The number of nitrogens with one attached hydrogen (secondary N) is 2. The van der Waals surface area contributed by atoms with Gasteiger partial charge in [-0.05, 0) is 37.3 Å². The predicted octanol–water partition coefficient (Wildman–Crippen LogP) is 3.38. The number of carbonyl (C=O) groups excluding carboxylic acids is 1. The molecule has 0 fully saturated rings. The van der Waals surface area contributed by atoms with Crippen molar-refractivity contribution in [2.24, 2.45) is 0 Å². The normalized spacial score (nSPS) is 10.5. The largest absolute Gasteiger partial charge is 0.385 e. The van der Waals surface area contributed by atoms with Crippen molar-refractivity contribution >= 4 is 38.8 Å². The maximum absolute atomic E-state index is 12.2. The minimum absolute atomic E-state index is 0.224. The summed E-state index contributed by atoms with van der Waals surface area (Å²) in [7, 11) is 0. The van der Waals surface area contributed by atoms with Crippen LogP contribution >= 0.6 is 11.3 Å². The second kappa shape index (κ2) is 5.88. The second-order valence-electron chi connectivity index (χ2n) is 4.45. The Morgan fingerprint density at radius 2 is 2.10 bits per heavy atom. The summed E-state index contributed by atoms with van der Waals surface area (Å²) in [4.78, 5) is 20.6. The quantitative estimate of drug-likeness (QED) is 0.775. The average Bonchev–Trinajstić information content (AvgIpc) is 2.95. The standard InChI is InChI=1S/C15H14N4OS/c1-2-16-10-5-6-17-13(7-10)15(20)19-11-3-4-12-14(8-11)21-9-18-12/h3-9H,2H2,1H3,(H,16,17)(H,19,20). The van der Waals surface area contributed by atoms with E-state index in [2.05, 4.69) is 20.6 Å². The third kappa shape index (κ3) is 3.00. The molecule has 0 bridgehead atoms. The molecule has 6 heteroatoms. The van der Waals surface area contributed by atoms with E-state index in [-0.39, 0.29) is 5.91 Å². The molecule has 0 aliphatic rings. The molecular weight excluding hydrogens is 284 g/mol. The molecule has 0 saturated carbocycles. The molecule has 0 atom stereocenters. The van der Waals surface area contributed by atoms with Gasteiger partial charge in [-0.1, -0.05) is 0 Å². The maximum Gasteiger partial charge on any atom is 0.274 e. The Hall–Kier alpha value is -2.47. The first-order valence-electron chi connectivity index (χ1n) is 6.61. The Labute approximate surface area is 126 Å². The highest BCUT2D eigenvalue weighted by atomic mass is 32.1. The Morgan fingerprint density at radius 1 is 1.19 bits per heavy atom. The van der Waals surface area contributed by atoms with Crippen LogP contribution < -0.4 is 10.6 Å². The molecule has 106 valence electrons. The van der Waals surface area contributed by atoms with E-state index in [0.717, 1.165) is 28.1 Å². The van der Waals surface area contributed by atoms with Gasteiger partial charge in [0.05, 0.1) is 15.7 Å². The molecule has 2 N–H and O–H groups in total. The third-order valence-corrected chi connectivity index (χ3v) is 3.75. The molecule has 2 aromatic heterocycles. The summed E-state index contributed by atoms with van der Waals surface area (Å²) in [5.41, 5.74) is 4.74. The summed E-state index contributed by atoms with van der Waals surface area (Å²) in [6, 6.07) is 9.23. The van der Waals surface area contributed by atoms with Crippen LogP contribution in [0.1, 0.15) is 17.4 Å². The molecule has 0 aliphatic heterocycles. The van der Waals surface area contributed by atoms with Crippen molar-refractivity contribution in [3.63, 3.8) is 0 Å². The molecule has 1 aromatic carbocycles. The fourth-order valence-electron chi connectivity index (χ4n) is 2.00. The molecule has 5 nitrogen and oxygen atoms in total. The molecule has 3 rings (SSSR count). The molecule has 0 spiro atoms. The van der Waals surface area contributed by atoms with Gasteiger partial charge in [0.2, 0.25) is 0 Å². The first kappa shape index (κ1) is 13.5. The second-order valence-corrected chi connectivity index (χ2v) is 5.34. The van der Waals surface area contributed by atoms with Crippen molar-refractivity contribution in [2.75, 3.05) is 17.2 Å². The lowest BCUT2D eigenvalue weighted by Crippen LogP contribution is -2.14. The highest BCUT2D eigenvalue weighted by molar-refractivity contribution is 7.16. The zero-order valence-electron chi connectivity index (χ0n) is 11.5. The molecule has 3 aromatic rings. The number of hydrogen-bond donors (Lipinski definition) is 2. The highest BCUT2D eigenvalue weighted by Gasteiger charge is 2.09. The van der Waals surface area contributed by atoms with Gasteiger partial charge in [-0.15, -0.1) is 11.3 Å². The molecule has 0 radical (unpaired) electrons. The zero-order valence-corrected chi connectivity index (χ0v) is 12.3. The number of benzene rings is 1. The summed E-state index contributed by atoms with van der Waals surface area (Å²) in [5.74, 6) is -0.224. The van der Waals surface area contributed by atoms with Crippen LogP contribution in [0, 0.1) is 0 Å². The Balaban J connectivity index is 1.80. The van der Waals surface area contributed by atoms with Gasteiger partial charge in [0.25, 0.3) is 5.91 Å². The predicted molar refractivity (Wildman–Crippen MR) is 86.0 cm³/mol. The first-order valence-corrected chi connectivity index (χ1v) is 7.49. The lowest BCUT2D eigenvalue weighted by molar-refractivity contribution is 0.102. The van der Waals surface area contributed by atoms with Crippen LogP contribution in [-0.2, 0) is 0 Å². The molecule has 1 amide bonds. The van der Waals surface area contributed by atoms with Crippen molar-refractivity contribution in [1.82, 2.24) is 9.97 Å². The molecule has 0 aliphatic carbocycles. The lowest BCUT2D eigenvalue weighted by atomic mass is 10.2. The highest BCUT2D eigenvalue weighted by Crippen LogP contribution is 2.22. The smallest absolute Gasteiger partial charge is 0.274 e. The minimum atomic E-state index is -0.224. The molecule has 0 unspecified atom stereocenters. The fraction of sp³-hybridized carbons (Fsp3) is 0.133. The summed E-state index contributed by atoms with van der Waals surface area (Å²) < 4.78 is 1.04. The van der Waals surface area contributed by atoms with Gasteiger partial charge < -0.3 is 10.6 Å². The van der Waals surface area contributed by atoms with Crippen molar-refractivity contribution in [3.8, 4) is 0 Å². The van der Waals surface area contributed by atoms with Crippen molar-refractivity contribution < 1.29 is 4.79 Å². The van der Waals surface area contributed by atoms with E-state index >= 15 is 0 Å². The summed E-state index contributed by atoms with van der Waals surface area (Å²) in [6.45, 7) is 2.80. The van der Waals surface area contributed by atoms with E-state index in [1.807, 2.05) is 31.2 Å². The zero-order chi connectivity index (χ0) is 14.7. The number of amides is 1. The van der Waals surface area contributed by atoms with E-state index < -0.39 is 0 Å². The summed E-state index contributed by atoms with van der Waals surface area (Å²) in [5, 5.41) is 6.02. The fourth-order valence-corrected chi connectivity index (χ4v) is 2.71. The number of carbonyl (C=O) groups is 1. The number of aromatic nitrogens is 2. The Kier molecular flexibility index (Phi) is 3.79. The van der Waals surface area contributed by atoms with Crippen LogP contribution in [-0.4, -0.2) is 22.4 Å². The van der Waals surface area contributed by atoms with Gasteiger partial charge in [-0.25, -0.2) is 4.98 Å². The van der Waals surface area contributed by atoms with Crippen molar-refractivity contribution in [1.29, 1.82) is 0 Å². The van der Waals surface area contributed by atoms with Gasteiger partial charge in [0, 0.05) is 24.1 Å². The van der Waals surface area contributed by atoms with Gasteiger partial charge in [-0.2, -0.15) is 0 Å². The monoisotopic (exact) mass is 298 g/mol. The van der Waals surface area contributed by atoms with Crippen LogP contribution in [0.4, 0.5) is 11.4 Å². The lowest BCUT2D eigenvalue weighted by Gasteiger charge is -2.07. The number of rotatable bonds is 4. The van der Waals surface area contributed by atoms with Gasteiger partial charge in [0.15, 0.2) is 0 Å². The average molecular weight is 298 g/mol. The van der Waals surface area contributed by atoms with Crippen LogP contribution in [0.5, 0.6) is 0 Å². The molecular formula is C15H14N4OS. The van der Waals surface area contributed by atoms with E-state index in [1.165, 1.54) is 0 Å². The van der Waals surface area contributed by atoms with Crippen LogP contribution in [0.3, 0.4) is 0 Å². The number of hydrogen-bond acceptors (Lipinski definition) is 5. The Morgan fingerprint density at radius 3 is 2.95 bits per heavy atom. The first-order chi connectivity index (χ1) is 10.3. The van der Waals surface area contributed by atoms with E-state index in [9.17, 15) is 4.79 Å². The maximum atomic E-state index is 12.2. The SMILES string of the molecule is CCNc1ccnc(C(=O)Nc2ccc3ncsc3c2)c1. The number of pyridine rings is 1. The van der Waals surface area contributed by atoms with Crippen LogP contribution in [0.15, 0.2) is 42.0 Å². The van der Waals surface area contributed by atoms with Crippen LogP contribution in [0.25, 0.3) is 10.2 Å². The van der Waals surface area contributed by atoms with Crippen molar-refractivity contribution in [2.45, 2.75) is 6.92 Å². The number of thiazole rings is 1. The van der Waals surface area contributed by atoms with E-state index in [4.69, 9.17) is 0 Å².